The van der Waals surface area contributed by atoms with Crippen LogP contribution >= 0.6 is 22.9 Å². The highest BCUT2D eigenvalue weighted by molar-refractivity contribution is 14.1. The third-order valence-electron chi connectivity index (χ3n) is 2.69. The van der Waals surface area contributed by atoms with E-state index in [0.29, 0.717) is 0 Å². The van der Waals surface area contributed by atoms with Crippen molar-refractivity contribution >= 4 is 22.9 Å². The monoisotopic (exact) mass is 296 g/mol. The van der Waals surface area contributed by atoms with Crippen molar-refractivity contribution in [1.29, 1.82) is 0 Å². The molecular weight excluding hydrogens is 275 g/mol. The summed E-state index contributed by atoms with van der Waals surface area (Å²) < 4.78 is 3.17. The third-order valence-corrected chi connectivity index (χ3v) is 3.23. The number of hydrogen-bond donors (Lipinski definition) is 1. The molecule has 0 aromatic heterocycles. The van der Waals surface area contributed by atoms with Crippen molar-refractivity contribution in [2.45, 2.75) is 26.7 Å². The Morgan fingerprint density at radius 2 is 1.92 bits per heavy atom. The molecule has 0 spiro atoms. The molecule has 78 valence electrons. The summed E-state index contributed by atoms with van der Waals surface area (Å²) in [7, 11) is 0. The number of likely N-dealkylation sites (tertiary alicyclic amines) is 1. The quantitative estimate of drug-likeness (QED) is 0.486. The van der Waals surface area contributed by atoms with E-state index >= 15 is 0 Å². The van der Waals surface area contributed by atoms with Gasteiger partial charge in [0, 0.05) is 42.5 Å². The van der Waals surface area contributed by atoms with Crippen LogP contribution in [0.2, 0.25) is 0 Å². The van der Waals surface area contributed by atoms with Gasteiger partial charge in [-0.1, -0.05) is 13.8 Å². The number of halogens is 1. The van der Waals surface area contributed by atoms with Crippen LogP contribution in [-0.2, 0) is 0 Å². The summed E-state index contributed by atoms with van der Waals surface area (Å²) in [6.45, 7) is 9.78. The number of rotatable bonds is 4. The number of hydrogen-bond acceptors (Lipinski definition) is 2. The molecular formula is C10H21IN2. The molecule has 0 aromatic rings. The second-order valence-corrected chi connectivity index (χ2v) is 5.21. The minimum Gasteiger partial charge on any atom is -0.303 e. The molecule has 1 aliphatic heterocycles. The van der Waals surface area contributed by atoms with Crippen molar-refractivity contribution in [3.63, 3.8) is 0 Å². The lowest BCUT2D eigenvalue weighted by Crippen LogP contribution is -2.39. The molecule has 1 fully saturated rings. The van der Waals surface area contributed by atoms with Gasteiger partial charge in [0.05, 0.1) is 0 Å². The Labute approximate surface area is 95.9 Å². The topological polar surface area (TPSA) is 15.3 Å². The van der Waals surface area contributed by atoms with Gasteiger partial charge in [0.25, 0.3) is 0 Å². The minimum atomic E-state index is 0.899. The Bertz CT molecular complexity index is 131. The predicted molar refractivity (Wildman–Crippen MR) is 66.0 cm³/mol. The lowest BCUT2D eigenvalue weighted by atomic mass is 9.92. The van der Waals surface area contributed by atoms with Gasteiger partial charge in [-0.15, -0.1) is 0 Å². The van der Waals surface area contributed by atoms with E-state index in [1.807, 2.05) is 0 Å². The zero-order chi connectivity index (χ0) is 9.68. The van der Waals surface area contributed by atoms with Gasteiger partial charge in [0.1, 0.15) is 0 Å². The molecule has 0 bridgehead atoms. The SMILES string of the molecule is C[C@@H]1C[C@H](C)CN(CCCNI)C1. The largest absolute Gasteiger partial charge is 0.303 e. The van der Waals surface area contributed by atoms with Crippen molar-refractivity contribution < 1.29 is 0 Å². The zero-order valence-electron chi connectivity index (χ0n) is 8.72. The van der Waals surface area contributed by atoms with E-state index in [4.69, 9.17) is 0 Å². The first-order valence-electron chi connectivity index (χ1n) is 5.28. The van der Waals surface area contributed by atoms with Gasteiger partial charge < -0.3 is 4.90 Å². The van der Waals surface area contributed by atoms with E-state index in [1.54, 1.807) is 0 Å². The van der Waals surface area contributed by atoms with E-state index in [0.717, 1.165) is 18.4 Å². The molecule has 0 radical (unpaired) electrons. The van der Waals surface area contributed by atoms with Crippen molar-refractivity contribution in [1.82, 2.24) is 8.43 Å². The summed E-state index contributed by atoms with van der Waals surface area (Å²) in [6, 6.07) is 0. The smallest absolute Gasteiger partial charge is 0.0169 e. The third kappa shape index (κ3) is 4.61. The van der Waals surface area contributed by atoms with Crippen LogP contribution in [0.3, 0.4) is 0 Å². The number of nitrogens with zero attached hydrogens (tertiary/aromatic N) is 1. The molecule has 1 N–H and O–H groups in total. The van der Waals surface area contributed by atoms with Crippen LogP contribution < -0.4 is 3.53 Å². The first-order valence-corrected chi connectivity index (χ1v) is 6.36. The summed E-state index contributed by atoms with van der Waals surface area (Å²) in [6.07, 6.45) is 2.70. The maximum absolute atomic E-state index is 3.17. The highest BCUT2D eigenvalue weighted by Crippen LogP contribution is 2.20. The Morgan fingerprint density at radius 3 is 2.46 bits per heavy atom. The fourth-order valence-corrected chi connectivity index (χ4v) is 2.73. The minimum absolute atomic E-state index is 0.899. The number of nitrogens with one attached hydrogen (secondary N) is 1. The molecule has 0 saturated carbocycles. The molecule has 3 heteroatoms. The summed E-state index contributed by atoms with van der Waals surface area (Å²) in [4.78, 5) is 2.62. The molecule has 2 atom stereocenters. The fraction of sp³-hybridized carbons (Fsp3) is 1.00. The average Bonchev–Trinajstić information content (AvgIpc) is 2.03. The van der Waals surface area contributed by atoms with Gasteiger partial charge in [0.2, 0.25) is 0 Å². The molecule has 1 aliphatic rings. The predicted octanol–water partition coefficient (Wildman–Crippen LogP) is 2.29. The van der Waals surface area contributed by atoms with Crippen molar-refractivity contribution in [2.75, 3.05) is 26.2 Å². The summed E-state index contributed by atoms with van der Waals surface area (Å²) in [5.41, 5.74) is 0. The van der Waals surface area contributed by atoms with Gasteiger partial charge in [-0.3, -0.25) is 3.53 Å². The summed E-state index contributed by atoms with van der Waals surface area (Å²) in [5.74, 6) is 1.80. The van der Waals surface area contributed by atoms with Crippen LogP contribution in [0.5, 0.6) is 0 Å². The molecule has 1 heterocycles. The van der Waals surface area contributed by atoms with Gasteiger partial charge in [-0.05, 0) is 31.2 Å². The normalized spacial score (nSPS) is 30.7. The van der Waals surface area contributed by atoms with Gasteiger partial charge >= 0.3 is 0 Å². The average molecular weight is 296 g/mol. The lowest BCUT2D eigenvalue weighted by molar-refractivity contribution is 0.140. The fourth-order valence-electron chi connectivity index (χ4n) is 2.34. The molecule has 1 rings (SSSR count). The second kappa shape index (κ2) is 6.19. The standard InChI is InChI=1S/C10H21IN2/c1-9-6-10(2)8-13(7-9)5-3-4-12-11/h9-10,12H,3-8H2,1-2H3/t9-,10+. The van der Waals surface area contributed by atoms with Crippen LogP contribution in [0.4, 0.5) is 0 Å². The van der Waals surface area contributed by atoms with Crippen LogP contribution in [0.15, 0.2) is 0 Å². The van der Waals surface area contributed by atoms with E-state index in [1.165, 1.54) is 32.5 Å². The van der Waals surface area contributed by atoms with Crippen molar-refractivity contribution in [3.05, 3.63) is 0 Å². The zero-order valence-corrected chi connectivity index (χ0v) is 10.9. The van der Waals surface area contributed by atoms with Gasteiger partial charge in [-0.2, -0.15) is 0 Å². The highest BCUT2D eigenvalue weighted by Gasteiger charge is 2.20. The number of piperidine rings is 1. The van der Waals surface area contributed by atoms with E-state index < -0.39 is 0 Å². The van der Waals surface area contributed by atoms with E-state index in [9.17, 15) is 0 Å². The second-order valence-electron chi connectivity index (χ2n) is 4.44. The van der Waals surface area contributed by atoms with Crippen LogP contribution in [0.1, 0.15) is 26.7 Å². The maximum atomic E-state index is 3.17. The molecule has 0 aromatic carbocycles. The molecule has 0 aliphatic carbocycles. The van der Waals surface area contributed by atoms with Crippen LogP contribution in [-0.4, -0.2) is 31.1 Å². The van der Waals surface area contributed by atoms with Gasteiger partial charge in [-0.25, -0.2) is 0 Å². The Hall–Kier alpha value is 0.650. The molecule has 13 heavy (non-hydrogen) atoms. The molecule has 0 unspecified atom stereocenters. The molecule has 0 amide bonds. The summed E-state index contributed by atoms with van der Waals surface area (Å²) in [5, 5.41) is 0. The first-order chi connectivity index (χ1) is 6.22. The Kier molecular flexibility index (Phi) is 5.58. The van der Waals surface area contributed by atoms with Gasteiger partial charge in [0.15, 0.2) is 0 Å². The first kappa shape index (κ1) is 11.7. The lowest BCUT2D eigenvalue weighted by Gasteiger charge is -2.34. The molecule has 1 saturated heterocycles. The highest BCUT2D eigenvalue weighted by atomic mass is 127. The van der Waals surface area contributed by atoms with Crippen LogP contribution in [0.25, 0.3) is 0 Å². The summed E-state index contributed by atoms with van der Waals surface area (Å²) >= 11 is 2.22. The van der Waals surface area contributed by atoms with E-state index in [2.05, 4.69) is 45.1 Å². The maximum Gasteiger partial charge on any atom is 0.0169 e. The van der Waals surface area contributed by atoms with Crippen molar-refractivity contribution in [2.24, 2.45) is 11.8 Å². The molecule has 2 nitrogen and oxygen atoms in total. The van der Waals surface area contributed by atoms with Crippen LogP contribution in [0, 0.1) is 11.8 Å². The Morgan fingerprint density at radius 1 is 1.31 bits per heavy atom. The van der Waals surface area contributed by atoms with Crippen molar-refractivity contribution in [3.8, 4) is 0 Å². The Balaban J connectivity index is 2.17. The van der Waals surface area contributed by atoms with E-state index in [-0.39, 0.29) is 0 Å².